The van der Waals surface area contributed by atoms with Crippen LogP contribution < -0.4 is 0 Å². The van der Waals surface area contributed by atoms with Gasteiger partial charge in [-0.1, -0.05) is 13.5 Å². The number of aliphatic hydroxyl groups is 1. The van der Waals surface area contributed by atoms with Gasteiger partial charge in [0.1, 0.15) is 0 Å². The summed E-state index contributed by atoms with van der Waals surface area (Å²) in [5.41, 5.74) is 1.77. The van der Waals surface area contributed by atoms with Crippen molar-refractivity contribution in [3.63, 3.8) is 0 Å². The molecule has 0 aliphatic carbocycles. The van der Waals surface area contributed by atoms with Crippen LogP contribution in [0.4, 0.5) is 0 Å². The van der Waals surface area contributed by atoms with Crippen molar-refractivity contribution in [3.05, 3.63) is 42.0 Å². The molecule has 0 aliphatic heterocycles. The van der Waals surface area contributed by atoms with E-state index in [1.807, 2.05) is 19.1 Å². The Kier molecular flexibility index (Phi) is 4.63. The van der Waals surface area contributed by atoms with E-state index in [1.165, 1.54) is 0 Å². The maximum absolute atomic E-state index is 8.92. The normalized spacial score (nSPS) is 8.45. The van der Waals surface area contributed by atoms with Gasteiger partial charge in [-0.25, -0.2) is 0 Å². The number of aliphatic hydroxyl groups excluding tert-OH is 1. The summed E-state index contributed by atoms with van der Waals surface area (Å²) in [5.74, 6) is 0.0729. The number of hydrogen-bond donors (Lipinski definition) is 1. The third-order valence-corrected chi connectivity index (χ3v) is 1.27. The Balaban J connectivity index is 0.000001000. The van der Waals surface area contributed by atoms with E-state index in [-0.39, 0.29) is 38.5 Å². The summed E-state index contributed by atoms with van der Waals surface area (Å²) in [4.78, 5) is 0. The Morgan fingerprint density at radius 1 is 1.64 bits per heavy atom. The van der Waals surface area contributed by atoms with Crippen LogP contribution in [0.25, 0.3) is 5.76 Å². The molecule has 0 bridgehead atoms. The van der Waals surface area contributed by atoms with Gasteiger partial charge in [0, 0.05) is 38.5 Å². The van der Waals surface area contributed by atoms with Crippen molar-refractivity contribution in [2.45, 2.75) is 6.92 Å². The van der Waals surface area contributed by atoms with Gasteiger partial charge in [-0.3, -0.25) is 0 Å². The van der Waals surface area contributed by atoms with E-state index >= 15 is 0 Å². The molecule has 1 nitrogen and oxygen atoms in total. The predicted molar refractivity (Wildman–Crippen MR) is 41.7 cm³/mol. The smallest absolute Gasteiger partial charge is 0.0319 e. The molecule has 0 saturated carbocycles. The van der Waals surface area contributed by atoms with Crippen LogP contribution in [0, 0.1) is 13.0 Å². The predicted octanol–water partition coefficient (Wildman–Crippen LogP) is 2.32. The van der Waals surface area contributed by atoms with Gasteiger partial charge in [0.2, 0.25) is 0 Å². The zero-order chi connectivity index (χ0) is 7.56. The van der Waals surface area contributed by atoms with E-state index in [4.69, 9.17) is 5.11 Å². The van der Waals surface area contributed by atoms with Crippen molar-refractivity contribution in [2.75, 3.05) is 0 Å². The first-order valence-electron chi connectivity index (χ1n) is 3.07. The number of aryl methyl sites for hydroxylation is 1. The van der Waals surface area contributed by atoms with E-state index in [0.29, 0.717) is 5.56 Å². The molecular formula is C9H9OY-. The van der Waals surface area contributed by atoms with Crippen LogP contribution in [0.3, 0.4) is 0 Å². The van der Waals surface area contributed by atoms with Crippen molar-refractivity contribution >= 4 is 5.76 Å². The average Bonchev–Trinajstić information content (AvgIpc) is 1.88. The standard InChI is InChI=1S/C9H9O.Y/c1-7-4-3-5-9(6-7)8(2)10;/h3-4,6,10H,2H2,1H3;/q-1;. The third-order valence-electron chi connectivity index (χ3n) is 1.27. The minimum Gasteiger partial charge on any atom is -0.551 e. The molecule has 55 valence electrons. The van der Waals surface area contributed by atoms with Crippen LogP contribution in [0.2, 0.25) is 0 Å². The maximum Gasteiger partial charge on any atom is 0.0319 e. The summed E-state index contributed by atoms with van der Waals surface area (Å²) < 4.78 is 0. The van der Waals surface area contributed by atoms with E-state index in [2.05, 4.69) is 12.6 Å². The second-order valence-electron chi connectivity index (χ2n) is 2.23. The molecule has 2 heteroatoms. The minimum absolute atomic E-state index is 0. The Morgan fingerprint density at radius 3 is 2.64 bits per heavy atom. The van der Waals surface area contributed by atoms with E-state index in [0.717, 1.165) is 5.56 Å². The van der Waals surface area contributed by atoms with Crippen molar-refractivity contribution in [3.8, 4) is 0 Å². The number of benzene rings is 1. The molecule has 0 unspecified atom stereocenters. The molecule has 0 spiro atoms. The second-order valence-corrected chi connectivity index (χ2v) is 2.23. The molecule has 0 fully saturated rings. The number of rotatable bonds is 1. The van der Waals surface area contributed by atoms with Gasteiger partial charge in [0.05, 0.1) is 0 Å². The Morgan fingerprint density at radius 2 is 2.27 bits per heavy atom. The first kappa shape index (κ1) is 10.9. The first-order valence-corrected chi connectivity index (χ1v) is 3.07. The van der Waals surface area contributed by atoms with Crippen molar-refractivity contribution in [1.29, 1.82) is 0 Å². The Labute approximate surface area is 92.0 Å². The largest absolute Gasteiger partial charge is 0.551 e. The summed E-state index contributed by atoms with van der Waals surface area (Å²) in [6.07, 6.45) is 0. The van der Waals surface area contributed by atoms with E-state index in [9.17, 15) is 0 Å². The van der Waals surface area contributed by atoms with E-state index < -0.39 is 0 Å². The topological polar surface area (TPSA) is 20.2 Å². The molecular weight excluding hydrogens is 213 g/mol. The molecule has 0 amide bonds. The Bertz CT molecular complexity index is 255. The molecule has 1 rings (SSSR count). The minimum atomic E-state index is 0. The summed E-state index contributed by atoms with van der Waals surface area (Å²) in [7, 11) is 0. The van der Waals surface area contributed by atoms with Gasteiger partial charge >= 0.3 is 0 Å². The van der Waals surface area contributed by atoms with Crippen LogP contribution in [-0.4, -0.2) is 5.11 Å². The Hall–Kier alpha value is -0.136. The third kappa shape index (κ3) is 3.17. The first-order chi connectivity index (χ1) is 4.70. The molecule has 1 radical (unpaired) electrons. The molecule has 0 saturated heterocycles. The quantitative estimate of drug-likeness (QED) is 0.571. The van der Waals surface area contributed by atoms with Crippen LogP contribution >= 0.6 is 0 Å². The molecule has 0 atom stereocenters. The summed E-state index contributed by atoms with van der Waals surface area (Å²) in [5, 5.41) is 8.92. The molecule has 11 heavy (non-hydrogen) atoms. The SMILES string of the molecule is C=C(O)c1[c-]ccc(C)c1.[Y]. The second kappa shape index (κ2) is 4.68. The number of hydrogen-bond acceptors (Lipinski definition) is 1. The fraction of sp³-hybridized carbons (Fsp3) is 0.111. The molecule has 1 N–H and O–H groups in total. The molecule has 0 heterocycles. The van der Waals surface area contributed by atoms with Crippen molar-refractivity contribution in [1.82, 2.24) is 0 Å². The van der Waals surface area contributed by atoms with Crippen molar-refractivity contribution < 1.29 is 37.8 Å². The van der Waals surface area contributed by atoms with Gasteiger partial charge in [0.15, 0.2) is 0 Å². The maximum atomic E-state index is 8.92. The van der Waals surface area contributed by atoms with Crippen LogP contribution in [0.5, 0.6) is 0 Å². The van der Waals surface area contributed by atoms with Gasteiger partial charge in [0.25, 0.3) is 0 Å². The monoisotopic (exact) mass is 222 g/mol. The molecule has 1 aromatic rings. The van der Waals surface area contributed by atoms with Gasteiger partial charge in [-0.15, -0.1) is 35.4 Å². The molecule has 1 aromatic carbocycles. The van der Waals surface area contributed by atoms with E-state index in [1.54, 1.807) is 6.07 Å². The summed E-state index contributed by atoms with van der Waals surface area (Å²) in [6.45, 7) is 5.35. The van der Waals surface area contributed by atoms with Crippen LogP contribution in [-0.2, 0) is 32.7 Å². The molecule has 0 aromatic heterocycles. The fourth-order valence-electron chi connectivity index (χ4n) is 0.747. The zero-order valence-electron chi connectivity index (χ0n) is 6.46. The van der Waals surface area contributed by atoms with Gasteiger partial charge in [-0.05, 0) is 0 Å². The average molecular weight is 222 g/mol. The van der Waals surface area contributed by atoms with Gasteiger partial charge < -0.3 is 5.11 Å². The summed E-state index contributed by atoms with van der Waals surface area (Å²) in [6, 6.07) is 8.39. The van der Waals surface area contributed by atoms with Crippen LogP contribution in [0.15, 0.2) is 24.8 Å². The zero-order valence-corrected chi connectivity index (χ0v) is 9.30. The fourth-order valence-corrected chi connectivity index (χ4v) is 0.747. The van der Waals surface area contributed by atoms with Crippen LogP contribution in [0.1, 0.15) is 11.1 Å². The van der Waals surface area contributed by atoms with Gasteiger partial charge in [-0.2, -0.15) is 0 Å². The summed E-state index contributed by atoms with van der Waals surface area (Å²) >= 11 is 0. The van der Waals surface area contributed by atoms with Crippen molar-refractivity contribution in [2.24, 2.45) is 0 Å². The molecule has 0 aliphatic rings.